The molecule has 0 spiro atoms. The van der Waals surface area contributed by atoms with Gasteiger partial charge in [0.1, 0.15) is 0 Å². The molecule has 0 aliphatic heterocycles. The van der Waals surface area contributed by atoms with Crippen molar-refractivity contribution in [2.75, 3.05) is 0 Å². The lowest BCUT2D eigenvalue weighted by atomic mass is 10.2. The van der Waals surface area contributed by atoms with E-state index in [1.165, 1.54) is 0 Å². The van der Waals surface area contributed by atoms with Crippen LogP contribution in [0.3, 0.4) is 0 Å². The number of nitrogens with zero attached hydrogens (tertiary/aromatic N) is 1. The van der Waals surface area contributed by atoms with Gasteiger partial charge in [0.15, 0.2) is 5.96 Å². The minimum absolute atomic E-state index is 0.0875. The van der Waals surface area contributed by atoms with E-state index in [1.807, 2.05) is 18.2 Å². The average molecular weight is 176 g/mol. The van der Waals surface area contributed by atoms with E-state index in [2.05, 4.69) is 16.9 Å². The molecule has 0 radical (unpaired) electrons. The first-order chi connectivity index (χ1) is 6.24. The van der Waals surface area contributed by atoms with Crippen molar-refractivity contribution in [1.82, 2.24) is 10.3 Å². The molecule has 0 saturated heterocycles. The molecule has 0 aliphatic rings. The summed E-state index contributed by atoms with van der Waals surface area (Å²) in [5, 5.41) is 9.79. The van der Waals surface area contributed by atoms with Crippen LogP contribution in [0.5, 0.6) is 0 Å². The van der Waals surface area contributed by atoms with E-state index in [0.717, 1.165) is 5.69 Å². The molecule has 1 aromatic heterocycles. The third-order valence-corrected chi connectivity index (χ3v) is 1.55. The highest BCUT2D eigenvalue weighted by Gasteiger charge is 2.06. The number of hydrogen-bond acceptors (Lipinski definition) is 2. The van der Waals surface area contributed by atoms with Crippen LogP contribution < -0.4 is 11.1 Å². The molecule has 4 nitrogen and oxygen atoms in total. The van der Waals surface area contributed by atoms with E-state index in [-0.39, 0.29) is 12.0 Å². The van der Waals surface area contributed by atoms with Crippen LogP contribution in [-0.4, -0.2) is 10.9 Å². The van der Waals surface area contributed by atoms with Crippen molar-refractivity contribution >= 4 is 5.96 Å². The molecule has 0 amide bonds. The van der Waals surface area contributed by atoms with Crippen LogP contribution >= 0.6 is 0 Å². The van der Waals surface area contributed by atoms with E-state index < -0.39 is 0 Å². The van der Waals surface area contributed by atoms with E-state index in [4.69, 9.17) is 11.1 Å². The summed E-state index contributed by atoms with van der Waals surface area (Å²) in [4.78, 5) is 4.12. The Morgan fingerprint density at radius 2 is 2.46 bits per heavy atom. The zero-order valence-corrected chi connectivity index (χ0v) is 7.20. The van der Waals surface area contributed by atoms with Gasteiger partial charge in [-0.15, -0.1) is 6.58 Å². The number of nitrogens with two attached hydrogens (primary N) is 1. The van der Waals surface area contributed by atoms with Gasteiger partial charge in [0, 0.05) is 6.20 Å². The second kappa shape index (κ2) is 4.25. The fraction of sp³-hybridized carbons (Fsp3) is 0.111. The van der Waals surface area contributed by atoms with Crippen LogP contribution in [0.2, 0.25) is 0 Å². The molecule has 1 unspecified atom stereocenters. The summed E-state index contributed by atoms with van der Waals surface area (Å²) in [6, 6.07) is 5.36. The van der Waals surface area contributed by atoms with Gasteiger partial charge in [0.05, 0.1) is 11.7 Å². The Bertz CT molecular complexity index is 294. The van der Waals surface area contributed by atoms with Gasteiger partial charge in [-0.05, 0) is 12.1 Å². The lowest BCUT2D eigenvalue weighted by molar-refractivity contribution is 0.753. The Balaban J connectivity index is 2.78. The number of pyridine rings is 1. The van der Waals surface area contributed by atoms with E-state index in [1.54, 1.807) is 12.3 Å². The Hall–Kier alpha value is -1.84. The second-order valence-corrected chi connectivity index (χ2v) is 2.53. The molecule has 0 bridgehead atoms. The molecular weight excluding hydrogens is 164 g/mol. The van der Waals surface area contributed by atoms with Gasteiger partial charge in [-0.3, -0.25) is 10.4 Å². The van der Waals surface area contributed by atoms with Crippen molar-refractivity contribution in [1.29, 1.82) is 5.41 Å². The van der Waals surface area contributed by atoms with Gasteiger partial charge in [-0.25, -0.2) is 0 Å². The number of hydrogen-bond donors (Lipinski definition) is 3. The highest BCUT2D eigenvalue weighted by Crippen LogP contribution is 2.08. The van der Waals surface area contributed by atoms with Crippen LogP contribution in [0.1, 0.15) is 11.7 Å². The first-order valence-electron chi connectivity index (χ1n) is 3.88. The van der Waals surface area contributed by atoms with Crippen molar-refractivity contribution in [2.24, 2.45) is 5.73 Å². The summed E-state index contributed by atoms with van der Waals surface area (Å²) in [6.45, 7) is 3.64. The van der Waals surface area contributed by atoms with Gasteiger partial charge < -0.3 is 11.1 Å². The van der Waals surface area contributed by atoms with Gasteiger partial charge in [0.25, 0.3) is 0 Å². The van der Waals surface area contributed by atoms with Gasteiger partial charge in [0.2, 0.25) is 0 Å². The summed E-state index contributed by atoms with van der Waals surface area (Å²) in [5.41, 5.74) is 6.00. The normalized spacial score (nSPS) is 11.7. The Labute approximate surface area is 77.0 Å². The second-order valence-electron chi connectivity index (χ2n) is 2.53. The largest absolute Gasteiger partial charge is 0.370 e. The maximum atomic E-state index is 7.07. The molecule has 1 heterocycles. The van der Waals surface area contributed by atoms with Crippen molar-refractivity contribution < 1.29 is 0 Å². The average Bonchev–Trinajstić information content (AvgIpc) is 2.15. The molecule has 1 rings (SSSR count). The fourth-order valence-corrected chi connectivity index (χ4v) is 0.981. The van der Waals surface area contributed by atoms with Crippen LogP contribution in [0.15, 0.2) is 37.1 Å². The first kappa shape index (κ1) is 9.25. The molecule has 1 aromatic rings. The van der Waals surface area contributed by atoms with Crippen LogP contribution in [0, 0.1) is 5.41 Å². The minimum Gasteiger partial charge on any atom is -0.370 e. The SMILES string of the molecule is C=CC(NC(=N)N)c1ccccn1. The van der Waals surface area contributed by atoms with E-state index >= 15 is 0 Å². The topological polar surface area (TPSA) is 74.8 Å². The summed E-state index contributed by atoms with van der Waals surface area (Å²) in [7, 11) is 0. The third-order valence-electron chi connectivity index (χ3n) is 1.55. The zero-order chi connectivity index (χ0) is 9.68. The molecule has 68 valence electrons. The van der Waals surface area contributed by atoms with Crippen molar-refractivity contribution in [3.05, 3.63) is 42.7 Å². The summed E-state index contributed by atoms with van der Waals surface area (Å²) < 4.78 is 0. The summed E-state index contributed by atoms with van der Waals surface area (Å²) in [6.07, 6.45) is 3.34. The van der Waals surface area contributed by atoms with Crippen LogP contribution in [0.4, 0.5) is 0 Å². The monoisotopic (exact) mass is 176 g/mol. The first-order valence-corrected chi connectivity index (χ1v) is 3.88. The molecule has 13 heavy (non-hydrogen) atoms. The maximum absolute atomic E-state index is 7.07. The van der Waals surface area contributed by atoms with Gasteiger partial charge in [-0.2, -0.15) is 0 Å². The standard InChI is InChI=1S/C9H12N4/c1-2-7(13-9(10)11)8-5-3-4-6-12-8/h2-7H,1H2,(H4,10,11,13). The third kappa shape index (κ3) is 2.59. The molecule has 4 heteroatoms. The Morgan fingerprint density at radius 1 is 1.69 bits per heavy atom. The Morgan fingerprint density at radius 3 is 2.92 bits per heavy atom. The van der Waals surface area contributed by atoms with Gasteiger partial charge >= 0.3 is 0 Å². The predicted molar refractivity (Wildman–Crippen MR) is 52.2 cm³/mol. The highest BCUT2D eigenvalue weighted by molar-refractivity contribution is 5.75. The molecule has 0 fully saturated rings. The van der Waals surface area contributed by atoms with Crippen LogP contribution in [0.25, 0.3) is 0 Å². The van der Waals surface area contributed by atoms with E-state index in [9.17, 15) is 0 Å². The smallest absolute Gasteiger partial charge is 0.186 e. The zero-order valence-electron chi connectivity index (χ0n) is 7.20. The number of nitrogens with one attached hydrogen (secondary N) is 2. The summed E-state index contributed by atoms with van der Waals surface area (Å²) >= 11 is 0. The molecule has 0 aliphatic carbocycles. The lowest BCUT2D eigenvalue weighted by Crippen LogP contribution is -2.33. The molecule has 1 atom stereocenters. The minimum atomic E-state index is -0.196. The highest BCUT2D eigenvalue weighted by atomic mass is 15.1. The Kier molecular flexibility index (Phi) is 3.03. The quantitative estimate of drug-likeness (QED) is 0.362. The lowest BCUT2D eigenvalue weighted by Gasteiger charge is -2.13. The molecular formula is C9H12N4. The number of aromatic nitrogens is 1. The summed E-state index contributed by atoms with van der Waals surface area (Å²) in [5.74, 6) is -0.0875. The fourth-order valence-electron chi connectivity index (χ4n) is 0.981. The molecule has 0 aromatic carbocycles. The molecule has 4 N–H and O–H groups in total. The van der Waals surface area contributed by atoms with E-state index in [0.29, 0.717) is 0 Å². The van der Waals surface area contributed by atoms with Crippen LogP contribution in [-0.2, 0) is 0 Å². The van der Waals surface area contributed by atoms with Gasteiger partial charge in [-0.1, -0.05) is 12.1 Å². The molecule has 0 saturated carbocycles. The van der Waals surface area contributed by atoms with Crippen molar-refractivity contribution in [3.8, 4) is 0 Å². The number of rotatable bonds is 3. The predicted octanol–water partition coefficient (Wildman–Crippen LogP) is 0.792. The van der Waals surface area contributed by atoms with Crippen molar-refractivity contribution in [2.45, 2.75) is 6.04 Å². The maximum Gasteiger partial charge on any atom is 0.186 e. The van der Waals surface area contributed by atoms with Crippen molar-refractivity contribution in [3.63, 3.8) is 0 Å². The number of guanidine groups is 1.